The first-order valence-electron chi connectivity index (χ1n) is 11.2. The van der Waals surface area contributed by atoms with Crippen LogP contribution in [0, 0.1) is 11.8 Å². The van der Waals surface area contributed by atoms with Crippen LogP contribution in [-0.4, -0.2) is 60.6 Å². The van der Waals surface area contributed by atoms with E-state index in [1.807, 2.05) is 0 Å². The van der Waals surface area contributed by atoms with Gasteiger partial charge in [-0.3, -0.25) is 9.59 Å². The number of hydrogen-bond acceptors (Lipinski definition) is 4. The molecular formula is C22H38N2O2. The molecule has 0 unspecified atom stereocenters. The lowest BCUT2D eigenvalue weighted by atomic mass is 9.85. The first-order valence-corrected chi connectivity index (χ1v) is 11.2. The third-order valence-corrected chi connectivity index (χ3v) is 6.93. The van der Waals surface area contributed by atoms with Crippen molar-refractivity contribution < 1.29 is 9.59 Å². The van der Waals surface area contributed by atoms with Gasteiger partial charge in [0.15, 0.2) is 0 Å². The van der Waals surface area contributed by atoms with Gasteiger partial charge in [-0.1, -0.05) is 38.5 Å². The highest BCUT2D eigenvalue weighted by Crippen LogP contribution is 2.26. The largest absolute Gasteiger partial charge is 0.300 e. The van der Waals surface area contributed by atoms with Crippen LogP contribution in [0.1, 0.15) is 77.0 Å². The molecule has 0 N–H and O–H groups in total. The third kappa shape index (κ3) is 6.16. The van der Waals surface area contributed by atoms with Crippen LogP contribution in [0.4, 0.5) is 0 Å². The number of carbonyl (C=O) groups is 2. The Balaban J connectivity index is 1.27. The van der Waals surface area contributed by atoms with Gasteiger partial charge < -0.3 is 9.80 Å². The maximum absolute atomic E-state index is 12.4. The molecule has 1 heterocycles. The minimum Gasteiger partial charge on any atom is -0.300 e. The Labute approximate surface area is 159 Å². The Morgan fingerprint density at radius 1 is 0.577 bits per heavy atom. The molecule has 0 aromatic heterocycles. The highest BCUT2D eigenvalue weighted by molar-refractivity contribution is 5.81. The van der Waals surface area contributed by atoms with Crippen LogP contribution in [0.15, 0.2) is 0 Å². The molecule has 26 heavy (non-hydrogen) atoms. The second-order valence-corrected chi connectivity index (χ2v) is 8.79. The number of piperazine rings is 1. The summed E-state index contributed by atoms with van der Waals surface area (Å²) in [6.07, 6.45) is 13.6. The van der Waals surface area contributed by atoms with E-state index in [-0.39, 0.29) is 0 Å². The molecule has 3 aliphatic rings. The van der Waals surface area contributed by atoms with Gasteiger partial charge in [0.05, 0.1) is 0 Å². The van der Waals surface area contributed by atoms with Crippen LogP contribution in [0.2, 0.25) is 0 Å². The zero-order valence-electron chi connectivity index (χ0n) is 16.6. The van der Waals surface area contributed by atoms with E-state index in [0.29, 0.717) is 23.4 Å². The van der Waals surface area contributed by atoms with E-state index in [0.717, 1.165) is 77.8 Å². The average molecular weight is 363 g/mol. The molecule has 2 aliphatic carbocycles. The van der Waals surface area contributed by atoms with Gasteiger partial charge in [-0.25, -0.2) is 0 Å². The summed E-state index contributed by atoms with van der Waals surface area (Å²) in [5.74, 6) is 1.72. The minimum absolute atomic E-state index is 0.357. The molecule has 0 atom stereocenters. The molecule has 1 aliphatic heterocycles. The summed E-state index contributed by atoms with van der Waals surface area (Å²) in [6, 6.07) is 0. The number of rotatable bonds is 8. The zero-order chi connectivity index (χ0) is 18.2. The van der Waals surface area contributed by atoms with Crippen molar-refractivity contribution in [3.63, 3.8) is 0 Å². The second kappa shape index (κ2) is 10.6. The molecule has 148 valence electrons. The summed E-state index contributed by atoms with van der Waals surface area (Å²) in [4.78, 5) is 29.6. The van der Waals surface area contributed by atoms with E-state index in [2.05, 4.69) is 9.80 Å². The van der Waals surface area contributed by atoms with Crippen molar-refractivity contribution in [1.82, 2.24) is 9.80 Å². The fourth-order valence-corrected chi connectivity index (χ4v) is 5.03. The number of Topliss-reactive ketones (excluding diaryl/α,β-unsaturated/α-hetero) is 2. The van der Waals surface area contributed by atoms with Crippen LogP contribution in [0.5, 0.6) is 0 Å². The predicted molar refractivity (Wildman–Crippen MR) is 105 cm³/mol. The smallest absolute Gasteiger partial charge is 0.137 e. The fraction of sp³-hybridized carbons (Fsp3) is 0.909. The van der Waals surface area contributed by atoms with Crippen molar-refractivity contribution in [1.29, 1.82) is 0 Å². The van der Waals surface area contributed by atoms with Crippen molar-refractivity contribution in [3.8, 4) is 0 Å². The van der Waals surface area contributed by atoms with E-state index < -0.39 is 0 Å². The molecule has 4 nitrogen and oxygen atoms in total. The quantitative estimate of drug-likeness (QED) is 0.660. The molecule has 0 spiro atoms. The molecule has 0 aromatic carbocycles. The van der Waals surface area contributed by atoms with Gasteiger partial charge in [-0.15, -0.1) is 0 Å². The van der Waals surface area contributed by atoms with Crippen molar-refractivity contribution in [2.24, 2.45) is 11.8 Å². The first kappa shape index (κ1) is 20.0. The highest BCUT2D eigenvalue weighted by atomic mass is 16.1. The maximum atomic E-state index is 12.4. The van der Waals surface area contributed by atoms with Gasteiger partial charge in [0.25, 0.3) is 0 Å². The number of nitrogens with zero attached hydrogens (tertiary/aromatic N) is 2. The Morgan fingerprint density at radius 3 is 1.27 bits per heavy atom. The summed E-state index contributed by atoms with van der Waals surface area (Å²) in [5, 5.41) is 0. The van der Waals surface area contributed by atoms with Crippen molar-refractivity contribution >= 4 is 11.6 Å². The summed E-state index contributed by atoms with van der Waals surface area (Å²) < 4.78 is 0. The maximum Gasteiger partial charge on any atom is 0.137 e. The van der Waals surface area contributed by atoms with Crippen LogP contribution < -0.4 is 0 Å². The van der Waals surface area contributed by atoms with E-state index in [9.17, 15) is 9.59 Å². The van der Waals surface area contributed by atoms with Gasteiger partial charge in [-0.2, -0.15) is 0 Å². The lowest BCUT2D eigenvalue weighted by Crippen LogP contribution is -2.47. The number of ketones is 2. The van der Waals surface area contributed by atoms with Crippen LogP contribution in [0.3, 0.4) is 0 Å². The third-order valence-electron chi connectivity index (χ3n) is 6.93. The SMILES string of the molecule is O=C(CCN1CCN(CCC(=O)C2CCCCC2)CC1)C1CCCCC1. The normalized spacial score (nSPS) is 24.6. The van der Waals surface area contributed by atoms with Gasteiger partial charge in [0.2, 0.25) is 0 Å². The van der Waals surface area contributed by atoms with Gasteiger partial charge in [0, 0.05) is 63.9 Å². The van der Waals surface area contributed by atoms with Crippen LogP contribution >= 0.6 is 0 Å². The molecule has 2 saturated carbocycles. The molecular weight excluding hydrogens is 324 g/mol. The number of hydrogen-bond donors (Lipinski definition) is 0. The molecule has 0 amide bonds. The van der Waals surface area contributed by atoms with E-state index in [4.69, 9.17) is 0 Å². The number of carbonyl (C=O) groups excluding carboxylic acids is 2. The molecule has 0 radical (unpaired) electrons. The minimum atomic E-state index is 0.357. The monoisotopic (exact) mass is 362 g/mol. The highest BCUT2D eigenvalue weighted by Gasteiger charge is 2.24. The lowest BCUT2D eigenvalue weighted by Gasteiger charge is -2.35. The zero-order valence-corrected chi connectivity index (χ0v) is 16.6. The molecule has 3 rings (SSSR count). The van der Waals surface area contributed by atoms with E-state index in [1.54, 1.807) is 0 Å². The van der Waals surface area contributed by atoms with Gasteiger partial charge >= 0.3 is 0 Å². The van der Waals surface area contributed by atoms with Crippen molar-refractivity contribution in [2.45, 2.75) is 77.0 Å². The Morgan fingerprint density at radius 2 is 0.923 bits per heavy atom. The molecule has 0 aromatic rings. The van der Waals surface area contributed by atoms with Gasteiger partial charge in [0.1, 0.15) is 11.6 Å². The molecule has 1 saturated heterocycles. The average Bonchev–Trinajstić information content (AvgIpc) is 2.72. The first-order chi connectivity index (χ1) is 12.7. The lowest BCUT2D eigenvalue weighted by molar-refractivity contribution is -0.125. The molecule has 4 heteroatoms. The summed E-state index contributed by atoms with van der Waals surface area (Å²) >= 11 is 0. The van der Waals surface area contributed by atoms with E-state index in [1.165, 1.54) is 38.5 Å². The van der Waals surface area contributed by atoms with Crippen molar-refractivity contribution in [2.75, 3.05) is 39.3 Å². The fourth-order valence-electron chi connectivity index (χ4n) is 5.03. The Bertz CT molecular complexity index is 403. The Hall–Kier alpha value is -0.740. The van der Waals surface area contributed by atoms with E-state index >= 15 is 0 Å². The standard InChI is InChI=1S/C22H38N2O2/c25-21(19-7-3-1-4-8-19)11-13-23-15-17-24(18-16-23)14-12-22(26)20-9-5-2-6-10-20/h19-20H,1-18H2. The topological polar surface area (TPSA) is 40.6 Å². The van der Waals surface area contributed by atoms with Crippen molar-refractivity contribution in [3.05, 3.63) is 0 Å². The summed E-state index contributed by atoms with van der Waals surface area (Å²) in [7, 11) is 0. The second-order valence-electron chi connectivity index (χ2n) is 8.79. The predicted octanol–water partition coefficient (Wildman–Crippen LogP) is 3.68. The van der Waals surface area contributed by atoms with Gasteiger partial charge in [-0.05, 0) is 25.7 Å². The van der Waals surface area contributed by atoms with Crippen LogP contribution in [0.25, 0.3) is 0 Å². The van der Waals surface area contributed by atoms with Crippen LogP contribution in [-0.2, 0) is 9.59 Å². The molecule has 0 bridgehead atoms. The summed E-state index contributed by atoms with van der Waals surface area (Å²) in [6.45, 7) is 6.07. The molecule has 3 fully saturated rings. The summed E-state index contributed by atoms with van der Waals surface area (Å²) in [5.41, 5.74) is 0. The Kier molecular flexibility index (Phi) is 8.12.